The first-order chi connectivity index (χ1) is 17.7. The second-order valence-electron chi connectivity index (χ2n) is 8.36. The lowest BCUT2D eigenvalue weighted by Gasteiger charge is -2.18. The molecule has 0 fully saturated rings. The molecular formula is C23H18Cl3F8NO3S. The molecule has 0 aromatic heterocycles. The summed E-state index contributed by atoms with van der Waals surface area (Å²) < 4.78 is 129. The van der Waals surface area contributed by atoms with Crippen molar-refractivity contribution in [3.05, 3.63) is 73.7 Å². The van der Waals surface area contributed by atoms with Crippen LogP contribution >= 0.6 is 34.8 Å². The molecule has 4 nitrogen and oxygen atoms in total. The average molecular weight is 647 g/mol. The van der Waals surface area contributed by atoms with E-state index >= 15 is 0 Å². The highest BCUT2D eigenvalue weighted by atomic mass is 35.5. The number of halogens is 11. The van der Waals surface area contributed by atoms with Crippen LogP contribution in [0.4, 0.5) is 35.1 Å². The van der Waals surface area contributed by atoms with E-state index in [1.54, 1.807) is 0 Å². The zero-order valence-electron chi connectivity index (χ0n) is 19.5. The van der Waals surface area contributed by atoms with Gasteiger partial charge in [-0.2, -0.15) is 26.3 Å². The molecule has 2 atom stereocenters. The van der Waals surface area contributed by atoms with Crippen LogP contribution in [0.1, 0.15) is 39.9 Å². The minimum Gasteiger partial charge on any atom is -0.349 e. The Labute approximate surface area is 232 Å². The minimum absolute atomic E-state index is 0.0674. The molecule has 1 amide bonds. The molecule has 0 aliphatic rings. The number of hydrogen-bond acceptors (Lipinski definition) is 3. The summed E-state index contributed by atoms with van der Waals surface area (Å²) in [6, 6.07) is 3.03. The maximum absolute atomic E-state index is 13.7. The van der Waals surface area contributed by atoms with Gasteiger partial charge in [0.05, 0.1) is 37.9 Å². The van der Waals surface area contributed by atoms with Gasteiger partial charge in [0.15, 0.2) is 9.84 Å². The number of sulfone groups is 1. The van der Waals surface area contributed by atoms with Gasteiger partial charge in [-0.1, -0.05) is 53.0 Å². The van der Waals surface area contributed by atoms with Gasteiger partial charge in [0.1, 0.15) is 5.75 Å². The van der Waals surface area contributed by atoms with Crippen LogP contribution in [0.5, 0.6) is 0 Å². The summed E-state index contributed by atoms with van der Waals surface area (Å²) in [5, 5.41) is 1.62. The Kier molecular flexibility index (Phi) is 10.7. The van der Waals surface area contributed by atoms with Gasteiger partial charge in [0.25, 0.3) is 5.91 Å². The van der Waals surface area contributed by atoms with E-state index < -0.39 is 69.1 Å². The normalized spacial score (nSPS) is 14.6. The lowest BCUT2D eigenvalue weighted by atomic mass is 9.97. The van der Waals surface area contributed by atoms with E-state index in [9.17, 15) is 48.3 Å². The summed E-state index contributed by atoms with van der Waals surface area (Å²) >= 11 is 17.6. The van der Waals surface area contributed by atoms with Crippen LogP contribution < -0.4 is 5.32 Å². The SMILES string of the molecule is CC(CS(=O)(=O)CC(F)(F)F)NC(=O)c1ccc(/C=C/C(c2cc(Cl)c(Cl)c(Cl)c2)C(F)F)cc1C(F)(F)F. The molecule has 0 saturated heterocycles. The second-order valence-corrected chi connectivity index (χ2v) is 11.7. The monoisotopic (exact) mass is 645 g/mol. The fraction of sp³-hybridized carbons (Fsp3) is 0.348. The Balaban J connectivity index is 2.34. The Bertz CT molecular complexity index is 1320. The molecule has 0 bridgehead atoms. The molecule has 0 aliphatic carbocycles. The van der Waals surface area contributed by atoms with Crippen molar-refractivity contribution in [2.75, 3.05) is 11.5 Å². The molecule has 2 unspecified atom stereocenters. The predicted molar refractivity (Wildman–Crippen MR) is 132 cm³/mol. The van der Waals surface area contributed by atoms with E-state index in [0.29, 0.717) is 6.07 Å². The number of amides is 1. The minimum atomic E-state index is -5.11. The van der Waals surface area contributed by atoms with Gasteiger partial charge >= 0.3 is 12.4 Å². The summed E-state index contributed by atoms with van der Waals surface area (Å²) in [5.74, 6) is -6.38. The van der Waals surface area contributed by atoms with Crippen molar-refractivity contribution < 1.29 is 48.3 Å². The highest BCUT2D eigenvalue weighted by Crippen LogP contribution is 2.37. The van der Waals surface area contributed by atoms with Crippen LogP contribution in [0, 0.1) is 0 Å². The quantitative estimate of drug-likeness (QED) is 0.223. The third-order valence-electron chi connectivity index (χ3n) is 5.02. The molecule has 0 heterocycles. The predicted octanol–water partition coefficient (Wildman–Crippen LogP) is 7.82. The molecule has 1 N–H and O–H groups in total. The lowest BCUT2D eigenvalue weighted by molar-refractivity contribution is -0.138. The average Bonchev–Trinajstić information content (AvgIpc) is 2.74. The van der Waals surface area contributed by atoms with Crippen LogP contribution in [0.15, 0.2) is 36.4 Å². The standard InChI is InChI=1S/C23H18Cl3F8NO3S/c1-11(9-39(37,38)10-22(29,30)31)35-21(36)15-5-3-12(6-16(15)23(32,33)34)2-4-14(20(27)28)13-7-17(24)19(26)18(25)8-13/h2-8,11,14,20H,9-10H2,1H3,(H,35,36)/b4-2+. The number of nitrogens with one attached hydrogen (secondary N) is 1. The summed E-state index contributed by atoms with van der Waals surface area (Å²) in [5.41, 5.74) is -2.74. The molecule has 2 aromatic rings. The third-order valence-corrected chi connectivity index (χ3v) is 7.99. The molecule has 216 valence electrons. The van der Waals surface area contributed by atoms with E-state index in [0.717, 1.165) is 43.3 Å². The number of benzene rings is 2. The van der Waals surface area contributed by atoms with Crippen molar-refractivity contribution in [1.29, 1.82) is 0 Å². The Morgan fingerprint density at radius 2 is 1.56 bits per heavy atom. The van der Waals surface area contributed by atoms with Crippen LogP contribution in [0.25, 0.3) is 6.08 Å². The van der Waals surface area contributed by atoms with Gasteiger partial charge in [0, 0.05) is 6.04 Å². The fourth-order valence-electron chi connectivity index (χ4n) is 3.45. The molecule has 0 aliphatic heterocycles. The lowest BCUT2D eigenvalue weighted by Crippen LogP contribution is -2.40. The van der Waals surface area contributed by atoms with Gasteiger partial charge in [-0.15, -0.1) is 0 Å². The van der Waals surface area contributed by atoms with Crippen molar-refractivity contribution >= 4 is 56.6 Å². The summed E-state index contributed by atoms with van der Waals surface area (Å²) in [7, 11) is -4.72. The van der Waals surface area contributed by atoms with Gasteiger partial charge in [-0.3, -0.25) is 4.79 Å². The summed E-state index contributed by atoms with van der Waals surface area (Å²) in [6.07, 6.45) is -11.3. The number of alkyl halides is 8. The van der Waals surface area contributed by atoms with E-state index in [2.05, 4.69) is 0 Å². The Morgan fingerprint density at radius 3 is 2.05 bits per heavy atom. The van der Waals surface area contributed by atoms with E-state index in [-0.39, 0.29) is 26.2 Å². The smallest absolute Gasteiger partial charge is 0.349 e. The highest BCUT2D eigenvalue weighted by molar-refractivity contribution is 7.91. The third kappa shape index (κ3) is 9.80. The van der Waals surface area contributed by atoms with Crippen molar-refractivity contribution in [2.24, 2.45) is 0 Å². The maximum Gasteiger partial charge on any atom is 0.417 e. The van der Waals surface area contributed by atoms with Crippen molar-refractivity contribution in [3.8, 4) is 0 Å². The van der Waals surface area contributed by atoms with Crippen molar-refractivity contribution in [3.63, 3.8) is 0 Å². The number of hydrogen-bond donors (Lipinski definition) is 1. The first-order valence-corrected chi connectivity index (χ1v) is 13.6. The zero-order chi connectivity index (χ0) is 29.9. The molecular weight excluding hydrogens is 629 g/mol. The van der Waals surface area contributed by atoms with Gasteiger partial charge in [-0.25, -0.2) is 17.2 Å². The molecule has 0 saturated carbocycles. The molecule has 2 rings (SSSR count). The number of rotatable bonds is 9. The van der Waals surface area contributed by atoms with E-state index in [4.69, 9.17) is 34.8 Å². The largest absolute Gasteiger partial charge is 0.417 e. The number of carbonyl (C=O) groups is 1. The molecule has 0 radical (unpaired) electrons. The van der Waals surface area contributed by atoms with Crippen molar-refractivity contribution in [2.45, 2.75) is 37.7 Å². The number of carbonyl (C=O) groups excluding carboxylic acids is 1. The van der Waals surface area contributed by atoms with E-state index in [1.807, 2.05) is 5.32 Å². The zero-order valence-corrected chi connectivity index (χ0v) is 22.6. The summed E-state index contributed by atoms with van der Waals surface area (Å²) in [6.45, 7) is 1.01. The van der Waals surface area contributed by atoms with E-state index in [1.165, 1.54) is 0 Å². The highest BCUT2D eigenvalue weighted by Gasteiger charge is 2.37. The first kappa shape index (κ1) is 33.1. The number of allylic oxidation sites excluding steroid dienone is 1. The maximum atomic E-state index is 13.7. The molecule has 2 aromatic carbocycles. The van der Waals surface area contributed by atoms with Crippen molar-refractivity contribution in [1.82, 2.24) is 5.32 Å². The van der Waals surface area contributed by atoms with Crippen LogP contribution in [-0.2, 0) is 16.0 Å². The topological polar surface area (TPSA) is 63.2 Å². The van der Waals surface area contributed by atoms with Crippen LogP contribution in [-0.4, -0.2) is 44.5 Å². The Hall–Kier alpha value is -2.09. The first-order valence-electron chi connectivity index (χ1n) is 10.6. The van der Waals surface area contributed by atoms with Crippen LogP contribution in [0.3, 0.4) is 0 Å². The molecule has 16 heteroatoms. The molecule has 0 spiro atoms. The van der Waals surface area contributed by atoms with Gasteiger partial charge < -0.3 is 5.32 Å². The second kappa shape index (κ2) is 12.6. The molecule has 39 heavy (non-hydrogen) atoms. The summed E-state index contributed by atoms with van der Waals surface area (Å²) in [4.78, 5) is 12.5. The van der Waals surface area contributed by atoms with Gasteiger partial charge in [-0.05, 0) is 42.3 Å². The van der Waals surface area contributed by atoms with Crippen LogP contribution in [0.2, 0.25) is 15.1 Å². The van der Waals surface area contributed by atoms with Gasteiger partial charge in [0.2, 0.25) is 6.43 Å². The Morgan fingerprint density at radius 1 is 1.00 bits per heavy atom. The fourth-order valence-corrected chi connectivity index (χ4v) is 5.53.